The van der Waals surface area contributed by atoms with E-state index in [-0.39, 0.29) is 11.4 Å². The number of hydrogen-bond acceptors (Lipinski definition) is 3. The number of nitrogens with zero attached hydrogens (tertiary/aromatic N) is 3. The van der Waals surface area contributed by atoms with Crippen molar-refractivity contribution in [2.24, 2.45) is 0 Å². The maximum Gasteiger partial charge on any atom is 0.356 e. The minimum atomic E-state index is 0.249. The highest BCUT2D eigenvalue weighted by atomic mass is 16.4. The van der Waals surface area contributed by atoms with E-state index < -0.39 is 0 Å². The lowest BCUT2D eigenvalue weighted by Gasteiger charge is -1.84. The van der Waals surface area contributed by atoms with E-state index in [1.54, 1.807) is 12.1 Å². The molecule has 0 radical (unpaired) electrons. The number of hydrogen-bond donors (Lipinski definition) is 0. The lowest BCUT2D eigenvalue weighted by Crippen LogP contribution is -1.84. The summed E-state index contributed by atoms with van der Waals surface area (Å²) < 4.78 is 0. The van der Waals surface area contributed by atoms with Crippen LogP contribution in [0.2, 0.25) is 0 Å². The zero-order valence-corrected chi connectivity index (χ0v) is 5.48. The molecule has 11 heavy (non-hydrogen) atoms. The van der Waals surface area contributed by atoms with E-state index in [1.165, 1.54) is 6.07 Å². The van der Waals surface area contributed by atoms with Crippen LogP contribution in [-0.2, 0) is 0 Å². The summed E-state index contributed by atoms with van der Waals surface area (Å²) in [5.41, 5.74) is 0.526. The first-order chi connectivity index (χ1) is 5.36. The number of pyridine rings is 1. The third-order valence-corrected chi connectivity index (χ3v) is 1.02. The fourth-order valence-electron chi connectivity index (χ4n) is 0.606. The van der Waals surface area contributed by atoms with Gasteiger partial charge in [0.1, 0.15) is 11.8 Å². The molecule has 0 N–H and O–H groups in total. The van der Waals surface area contributed by atoms with Crippen molar-refractivity contribution < 1.29 is 0 Å². The van der Waals surface area contributed by atoms with E-state index in [9.17, 15) is 5.21 Å². The lowest BCUT2D eigenvalue weighted by atomic mass is 10.3. The van der Waals surface area contributed by atoms with Crippen LogP contribution in [-0.4, -0.2) is 4.98 Å². The summed E-state index contributed by atoms with van der Waals surface area (Å²) in [5.74, 6) is 0. The van der Waals surface area contributed by atoms with Gasteiger partial charge in [-0.15, -0.1) is 0 Å². The monoisotopic (exact) mass is 145 g/mol. The van der Waals surface area contributed by atoms with Crippen molar-refractivity contribution in [1.82, 2.24) is 4.98 Å². The molecule has 0 aliphatic heterocycles. The molecule has 0 fully saturated rings. The zero-order valence-electron chi connectivity index (χ0n) is 5.48. The third-order valence-electron chi connectivity index (χ3n) is 1.02. The largest absolute Gasteiger partial charge is 0.498 e. The van der Waals surface area contributed by atoms with Crippen molar-refractivity contribution in [2.45, 2.75) is 0 Å². The summed E-state index contributed by atoms with van der Waals surface area (Å²) in [6.07, 6.45) is 0. The predicted octanol–water partition coefficient (Wildman–Crippen LogP) is 1.13. The Kier molecular flexibility index (Phi) is 2.04. The van der Waals surface area contributed by atoms with Crippen LogP contribution in [0.5, 0.6) is 0 Å². The molecule has 0 unspecified atom stereocenters. The zero-order chi connectivity index (χ0) is 8.10. The molecule has 0 aliphatic rings. The lowest BCUT2D eigenvalue weighted by molar-refractivity contribution is 1.23. The standard InChI is InChI=1S/C7H3N3O/c8-4-6-2-1-3-7(10-6)5-9-11/h1-3H. The van der Waals surface area contributed by atoms with Crippen molar-refractivity contribution in [3.63, 3.8) is 0 Å². The second-order valence-corrected chi connectivity index (χ2v) is 1.72. The van der Waals surface area contributed by atoms with Crippen LogP contribution in [0.15, 0.2) is 18.2 Å². The molecule has 1 rings (SSSR count). The first-order valence-electron chi connectivity index (χ1n) is 2.82. The summed E-state index contributed by atoms with van der Waals surface area (Å²) >= 11 is 0. The molecule has 0 aliphatic carbocycles. The van der Waals surface area contributed by atoms with Crippen molar-refractivity contribution in [3.05, 3.63) is 39.8 Å². The molecule has 0 amide bonds. The van der Waals surface area contributed by atoms with E-state index in [2.05, 4.69) is 16.1 Å². The van der Waals surface area contributed by atoms with Gasteiger partial charge >= 0.3 is 6.07 Å². The molecule has 0 bridgehead atoms. The van der Waals surface area contributed by atoms with Gasteiger partial charge in [0.25, 0.3) is 0 Å². The Bertz CT molecular complexity index is 356. The van der Waals surface area contributed by atoms with Crippen LogP contribution in [0, 0.1) is 22.6 Å². The van der Waals surface area contributed by atoms with Gasteiger partial charge in [-0.05, 0) is 12.1 Å². The van der Waals surface area contributed by atoms with E-state index in [1.807, 2.05) is 6.07 Å². The minimum Gasteiger partial charge on any atom is -0.498 e. The molecule has 52 valence electrons. The van der Waals surface area contributed by atoms with Crippen LogP contribution in [0.25, 0.3) is 5.01 Å². The fourth-order valence-corrected chi connectivity index (χ4v) is 0.606. The smallest absolute Gasteiger partial charge is 0.356 e. The van der Waals surface area contributed by atoms with Crippen LogP contribution in [0.3, 0.4) is 0 Å². The average Bonchev–Trinajstić information content (AvgIpc) is 2.06. The molecule has 4 heteroatoms. The topological polar surface area (TPSA) is 64.1 Å². The second kappa shape index (κ2) is 3.19. The first kappa shape index (κ1) is 7.04. The van der Waals surface area contributed by atoms with Crippen LogP contribution < -0.4 is 0 Å². The van der Waals surface area contributed by atoms with Crippen LogP contribution >= 0.6 is 0 Å². The summed E-state index contributed by atoms with van der Waals surface area (Å²) in [5, 5.41) is 20.5. The summed E-state index contributed by atoms with van der Waals surface area (Å²) in [7, 11) is 0. The highest BCUT2D eigenvalue weighted by molar-refractivity contribution is 5.29. The molecular formula is C7H3N3O. The van der Waals surface area contributed by atoms with Crippen LogP contribution in [0.1, 0.15) is 11.4 Å². The van der Waals surface area contributed by atoms with Gasteiger partial charge < -0.3 is 5.21 Å². The molecule has 0 aromatic carbocycles. The quantitative estimate of drug-likeness (QED) is 0.514. The molecule has 1 aromatic rings. The van der Waals surface area contributed by atoms with Gasteiger partial charge in [0, 0.05) is 5.01 Å². The molecule has 0 saturated carbocycles. The highest BCUT2D eigenvalue weighted by Crippen LogP contribution is 1.95. The maximum atomic E-state index is 9.69. The third kappa shape index (κ3) is 1.67. The van der Waals surface area contributed by atoms with Crippen molar-refractivity contribution >= 4 is 0 Å². The Morgan fingerprint density at radius 2 is 2.18 bits per heavy atom. The minimum absolute atomic E-state index is 0.249. The Morgan fingerprint density at radius 1 is 1.45 bits per heavy atom. The first-order valence-corrected chi connectivity index (χ1v) is 2.82. The maximum absolute atomic E-state index is 9.69. The summed E-state index contributed by atoms with van der Waals surface area (Å²) in [4.78, 5) is 3.72. The van der Waals surface area contributed by atoms with Gasteiger partial charge in [-0.1, -0.05) is 6.07 Å². The van der Waals surface area contributed by atoms with Crippen molar-refractivity contribution in [2.75, 3.05) is 0 Å². The van der Waals surface area contributed by atoms with Gasteiger partial charge in [0.05, 0.1) is 0 Å². The molecule has 0 atom stereocenters. The van der Waals surface area contributed by atoms with Gasteiger partial charge in [-0.25, -0.2) is 4.98 Å². The molecule has 0 spiro atoms. The summed E-state index contributed by atoms with van der Waals surface area (Å²) in [6.45, 7) is 0. The Morgan fingerprint density at radius 3 is 2.82 bits per heavy atom. The highest BCUT2D eigenvalue weighted by Gasteiger charge is 1.96. The molecular weight excluding hydrogens is 142 g/mol. The molecule has 1 heterocycles. The van der Waals surface area contributed by atoms with Crippen molar-refractivity contribution in [3.8, 4) is 12.1 Å². The Labute approximate surface area is 63.1 Å². The molecule has 4 nitrogen and oxygen atoms in total. The molecule has 0 saturated heterocycles. The Balaban J connectivity index is 3.10. The van der Waals surface area contributed by atoms with E-state index in [4.69, 9.17) is 5.26 Å². The van der Waals surface area contributed by atoms with Gasteiger partial charge in [-0.3, -0.25) is 0 Å². The van der Waals surface area contributed by atoms with Gasteiger partial charge in [0.2, 0.25) is 0 Å². The normalized spacial score (nSPS) is 7.55. The van der Waals surface area contributed by atoms with Gasteiger partial charge in [-0.2, -0.15) is 5.26 Å². The number of nitriles is 1. The van der Waals surface area contributed by atoms with E-state index >= 15 is 0 Å². The van der Waals surface area contributed by atoms with E-state index in [0.29, 0.717) is 0 Å². The number of aromatic nitrogens is 1. The summed E-state index contributed by atoms with van der Waals surface area (Å²) in [6, 6.07) is 8.61. The Hall–Kier alpha value is -2.07. The number of rotatable bonds is 0. The second-order valence-electron chi connectivity index (χ2n) is 1.72. The average molecular weight is 145 g/mol. The van der Waals surface area contributed by atoms with Crippen LogP contribution in [0.4, 0.5) is 0 Å². The van der Waals surface area contributed by atoms with E-state index in [0.717, 1.165) is 0 Å². The SMILES string of the molecule is N#Cc1cccc(C#[N+][O-])n1. The fraction of sp³-hybridized carbons (Fsp3) is 0. The predicted molar refractivity (Wildman–Crippen MR) is 38.7 cm³/mol. The molecule has 1 aromatic heterocycles. The van der Waals surface area contributed by atoms with Crippen molar-refractivity contribution in [1.29, 1.82) is 5.26 Å². The van der Waals surface area contributed by atoms with Gasteiger partial charge in [0.15, 0.2) is 5.69 Å².